The van der Waals surface area contributed by atoms with Gasteiger partial charge in [-0.15, -0.1) is 0 Å². The van der Waals surface area contributed by atoms with Gasteiger partial charge in [0.1, 0.15) is 6.04 Å². The molecule has 1 atom stereocenters. The summed E-state index contributed by atoms with van der Waals surface area (Å²) in [6.45, 7) is 1.62. The maximum atomic E-state index is 10.9. The number of carboxylic acid groups (broad SMARTS) is 1. The Bertz CT molecular complexity index is 379. The van der Waals surface area contributed by atoms with Gasteiger partial charge in [0.25, 0.3) is 0 Å². The molecule has 1 rings (SSSR count). The molecule has 6 nitrogen and oxygen atoms in total. The topological polar surface area (TPSA) is 109 Å². The fraction of sp³-hybridized carbons (Fsp3) is 0.500. The lowest BCUT2D eigenvalue weighted by atomic mass is 10.1. The maximum absolute atomic E-state index is 10.9. The van der Waals surface area contributed by atoms with Crippen LogP contribution in [0.5, 0.6) is 0 Å². The van der Waals surface area contributed by atoms with Gasteiger partial charge in [0.2, 0.25) is 0 Å². The van der Waals surface area contributed by atoms with Gasteiger partial charge in [-0.25, -0.2) is 9.95 Å². The quantitative estimate of drug-likeness (QED) is 0.613. The number of rotatable bonds is 4. The van der Waals surface area contributed by atoms with E-state index in [1.54, 1.807) is 6.92 Å². The molecule has 0 bridgehead atoms. The fourth-order valence-electron chi connectivity index (χ4n) is 1.05. The predicted molar refractivity (Wildman–Crippen MR) is 48.0 cm³/mol. The van der Waals surface area contributed by atoms with Crippen molar-refractivity contribution in [2.24, 2.45) is 5.73 Å². The molecule has 0 saturated carbocycles. The lowest BCUT2D eigenvalue weighted by molar-refractivity contribution is -0.138. The SMILES string of the molecule is Cc1c(CC[C@H](N)C(=O)O)[nH]oc1=O. The van der Waals surface area contributed by atoms with Crippen molar-refractivity contribution in [1.29, 1.82) is 0 Å². The van der Waals surface area contributed by atoms with Gasteiger partial charge in [0.15, 0.2) is 0 Å². The van der Waals surface area contributed by atoms with Crippen molar-refractivity contribution in [3.05, 3.63) is 21.7 Å². The van der Waals surface area contributed by atoms with Gasteiger partial charge in [-0.2, -0.15) is 0 Å². The van der Waals surface area contributed by atoms with Crippen molar-refractivity contribution in [2.75, 3.05) is 0 Å². The number of aromatic nitrogens is 1. The molecule has 1 aromatic heterocycles. The van der Waals surface area contributed by atoms with Crippen LogP contribution in [-0.4, -0.2) is 22.3 Å². The first-order chi connectivity index (χ1) is 6.52. The van der Waals surface area contributed by atoms with Gasteiger partial charge in [-0.1, -0.05) is 0 Å². The van der Waals surface area contributed by atoms with Crippen LogP contribution in [0.4, 0.5) is 0 Å². The van der Waals surface area contributed by atoms with E-state index < -0.39 is 17.6 Å². The van der Waals surface area contributed by atoms with Crippen LogP contribution in [0.3, 0.4) is 0 Å². The number of hydrogen-bond donors (Lipinski definition) is 3. The number of aliphatic carboxylic acids is 1. The van der Waals surface area contributed by atoms with Crippen LogP contribution in [-0.2, 0) is 11.2 Å². The number of hydrogen-bond acceptors (Lipinski definition) is 4. The second-order valence-electron chi connectivity index (χ2n) is 3.08. The molecule has 0 radical (unpaired) electrons. The van der Waals surface area contributed by atoms with Crippen molar-refractivity contribution < 1.29 is 14.4 Å². The molecular formula is C8H12N2O4. The summed E-state index contributed by atoms with van der Waals surface area (Å²) in [6, 6.07) is -0.909. The highest BCUT2D eigenvalue weighted by molar-refractivity contribution is 5.73. The highest BCUT2D eigenvalue weighted by Gasteiger charge is 2.13. The smallest absolute Gasteiger partial charge is 0.360 e. The van der Waals surface area contributed by atoms with Gasteiger partial charge >= 0.3 is 11.6 Å². The number of nitrogens with one attached hydrogen (secondary N) is 1. The van der Waals surface area contributed by atoms with E-state index in [1.165, 1.54) is 0 Å². The summed E-state index contributed by atoms with van der Waals surface area (Å²) in [5.74, 6) is -1.05. The third kappa shape index (κ3) is 2.23. The zero-order valence-corrected chi connectivity index (χ0v) is 7.74. The second-order valence-corrected chi connectivity index (χ2v) is 3.08. The molecule has 0 unspecified atom stereocenters. The second kappa shape index (κ2) is 4.10. The van der Waals surface area contributed by atoms with E-state index in [4.69, 9.17) is 10.8 Å². The molecular weight excluding hydrogens is 188 g/mol. The maximum Gasteiger partial charge on any atom is 0.360 e. The Kier molecular flexibility index (Phi) is 3.08. The summed E-state index contributed by atoms with van der Waals surface area (Å²) in [7, 11) is 0. The molecule has 1 aromatic rings. The Labute approximate surface area is 79.7 Å². The van der Waals surface area contributed by atoms with E-state index in [1.807, 2.05) is 0 Å². The molecule has 0 saturated heterocycles. The van der Waals surface area contributed by atoms with Crippen molar-refractivity contribution in [3.63, 3.8) is 0 Å². The van der Waals surface area contributed by atoms with Gasteiger partial charge in [-0.05, 0) is 19.8 Å². The van der Waals surface area contributed by atoms with Gasteiger partial charge in [-0.3, -0.25) is 4.79 Å². The molecule has 0 aliphatic rings. The Morgan fingerprint density at radius 2 is 2.36 bits per heavy atom. The first-order valence-electron chi connectivity index (χ1n) is 4.17. The summed E-state index contributed by atoms with van der Waals surface area (Å²) in [4.78, 5) is 21.3. The highest BCUT2D eigenvalue weighted by Crippen LogP contribution is 2.04. The zero-order valence-electron chi connectivity index (χ0n) is 7.74. The summed E-state index contributed by atoms with van der Waals surface area (Å²) in [5, 5.41) is 10.9. The molecule has 0 spiro atoms. The van der Waals surface area contributed by atoms with Crippen LogP contribution in [0.15, 0.2) is 9.32 Å². The standard InChI is InChI=1S/C8H12N2O4/c1-4-6(10-14-8(4)13)3-2-5(9)7(11)12/h5,10H,2-3,9H2,1H3,(H,11,12)/t5-/m0/s1. The van der Waals surface area contributed by atoms with Crippen LogP contribution in [0.2, 0.25) is 0 Å². The summed E-state index contributed by atoms with van der Waals surface area (Å²) >= 11 is 0. The largest absolute Gasteiger partial charge is 0.480 e. The van der Waals surface area contributed by atoms with E-state index in [-0.39, 0.29) is 6.42 Å². The number of aromatic amines is 1. The number of aryl methyl sites for hydroxylation is 1. The Morgan fingerprint density at radius 3 is 2.79 bits per heavy atom. The molecule has 0 fully saturated rings. The lowest BCUT2D eigenvalue weighted by Gasteiger charge is -2.03. The van der Waals surface area contributed by atoms with Crippen LogP contribution in [0.25, 0.3) is 0 Å². The van der Waals surface area contributed by atoms with Crippen molar-refractivity contribution in [2.45, 2.75) is 25.8 Å². The summed E-state index contributed by atoms with van der Waals surface area (Å²) in [5.41, 5.74) is 5.95. The molecule has 1 heterocycles. The summed E-state index contributed by atoms with van der Waals surface area (Å²) < 4.78 is 4.52. The normalized spacial score (nSPS) is 12.7. The Balaban J connectivity index is 2.58. The van der Waals surface area contributed by atoms with E-state index in [0.717, 1.165) is 0 Å². The average molecular weight is 200 g/mol. The molecule has 0 aliphatic heterocycles. The lowest BCUT2D eigenvalue weighted by Crippen LogP contribution is -2.30. The minimum atomic E-state index is -1.05. The van der Waals surface area contributed by atoms with Crippen LogP contribution in [0, 0.1) is 6.92 Å². The van der Waals surface area contributed by atoms with Crippen molar-refractivity contribution in [3.8, 4) is 0 Å². The first-order valence-corrected chi connectivity index (χ1v) is 4.17. The summed E-state index contributed by atoms with van der Waals surface area (Å²) in [6.07, 6.45) is 0.663. The van der Waals surface area contributed by atoms with Crippen LogP contribution in [0.1, 0.15) is 17.7 Å². The first kappa shape index (κ1) is 10.5. The number of H-pyrrole nitrogens is 1. The highest BCUT2D eigenvalue weighted by atomic mass is 16.5. The van der Waals surface area contributed by atoms with E-state index >= 15 is 0 Å². The predicted octanol–water partition coefficient (Wildman–Crippen LogP) is -0.379. The monoisotopic (exact) mass is 200 g/mol. The van der Waals surface area contributed by atoms with Crippen LogP contribution < -0.4 is 11.4 Å². The van der Waals surface area contributed by atoms with Gasteiger partial charge in [0, 0.05) is 0 Å². The number of carbonyl (C=O) groups is 1. The minimum Gasteiger partial charge on any atom is -0.480 e. The van der Waals surface area contributed by atoms with Gasteiger partial charge in [0.05, 0.1) is 11.3 Å². The molecule has 4 N–H and O–H groups in total. The van der Waals surface area contributed by atoms with Crippen molar-refractivity contribution in [1.82, 2.24) is 5.16 Å². The Morgan fingerprint density at radius 1 is 1.71 bits per heavy atom. The van der Waals surface area contributed by atoms with Crippen LogP contribution >= 0.6 is 0 Å². The minimum absolute atomic E-state index is 0.269. The van der Waals surface area contributed by atoms with E-state index in [0.29, 0.717) is 17.7 Å². The molecule has 0 aromatic carbocycles. The molecule has 0 aliphatic carbocycles. The molecule has 78 valence electrons. The van der Waals surface area contributed by atoms with E-state index in [9.17, 15) is 9.59 Å². The molecule has 14 heavy (non-hydrogen) atoms. The molecule has 0 amide bonds. The third-order valence-electron chi connectivity index (χ3n) is 2.05. The third-order valence-corrected chi connectivity index (χ3v) is 2.05. The average Bonchev–Trinajstić information content (AvgIpc) is 2.44. The van der Waals surface area contributed by atoms with Crippen molar-refractivity contribution >= 4 is 5.97 Å². The fourth-order valence-corrected chi connectivity index (χ4v) is 1.05. The number of carboxylic acids is 1. The van der Waals surface area contributed by atoms with E-state index in [2.05, 4.69) is 9.68 Å². The zero-order chi connectivity index (χ0) is 10.7. The number of nitrogens with two attached hydrogens (primary N) is 1. The molecule has 6 heteroatoms. The van der Waals surface area contributed by atoms with Gasteiger partial charge < -0.3 is 15.4 Å². The Hall–Kier alpha value is -1.56.